The third-order valence-corrected chi connectivity index (χ3v) is 10.3. The average Bonchev–Trinajstić information content (AvgIpc) is 3.12. The molecule has 3 bridgehead atoms. The zero-order valence-corrected chi connectivity index (χ0v) is 19.3. The molecule has 1 heterocycles. The van der Waals surface area contributed by atoms with Gasteiger partial charge in [0.25, 0.3) is 0 Å². The molecule has 0 aromatic heterocycles. The monoisotopic (exact) mass is 444 g/mol. The van der Waals surface area contributed by atoms with Crippen LogP contribution < -0.4 is 5.32 Å². The predicted molar refractivity (Wildman–Crippen MR) is 126 cm³/mol. The van der Waals surface area contributed by atoms with E-state index in [9.17, 15) is 9.18 Å². The van der Waals surface area contributed by atoms with Crippen molar-refractivity contribution in [3.63, 3.8) is 0 Å². The van der Waals surface area contributed by atoms with E-state index >= 15 is 0 Å². The third kappa shape index (κ3) is 2.99. The zero-order chi connectivity index (χ0) is 22.3. The lowest BCUT2D eigenvalue weighted by Gasteiger charge is -2.50. The Morgan fingerprint density at radius 1 is 1.00 bits per heavy atom. The highest BCUT2D eigenvalue weighted by molar-refractivity contribution is 5.78. The predicted octanol–water partition coefficient (Wildman–Crippen LogP) is 4.84. The molecule has 4 aliphatic carbocycles. The van der Waals surface area contributed by atoms with Crippen LogP contribution in [0.4, 0.5) is 4.39 Å². The molecule has 7 rings (SSSR count). The molecule has 33 heavy (non-hydrogen) atoms. The van der Waals surface area contributed by atoms with E-state index in [1.807, 2.05) is 12.1 Å². The first-order chi connectivity index (χ1) is 16.0. The fourth-order valence-corrected chi connectivity index (χ4v) is 9.21. The summed E-state index contributed by atoms with van der Waals surface area (Å²) < 4.78 is 13.7. The summed E-state index contributed by atoms with van der Waals surface area (Å²) in [7, 11) is 0. The molecule has 5 atom stereocenters. The minimum atomic E-state index is -0.145. The van der Waals surface area contributed by atoms with Crippen molar-refractivity contribution < 1.29 is 9.18 Å². The van der Waals surface area contributed by atoms with Gasteiger partial charge in [-0.25, -0.2) is 4.39 Å². The van der Waals surface area contributed by atoms with Crippen LogP contribution in [0.5, 0.6) is 0 Å². The van der Waals surface area contributed by atoms with Gasteiger partial charge in [0.05, 0.1) is 6.54 Å². The van der Waals surface area contributed by atoms with Gasteiger partial charge in [-0.2, -0.15) is 0 Å². The smallest absolute Gasteiger partial charge is 0.234 e. The Bertz CT molecular complexity index is 1110. The molecule has 2 unspecified atom stereocenters. The number of benzene rings is 2. The summed E-state index contributed by atoms with van der Waals surface area (Å²) in [6.07, 6.45) is 8.64. The van der Waals surface area contributed by atoms with E-state index in [2.05, 4.69) is 34.5 Å². The van der Waals surface area contributed by atoms with Gasteiger partial charge in [-0.1, -0.05) is 36.4 Å². The Morgan fingerprint density at radius 3 is 2.64 bits per heavy atom. The Balaban J connectivity index is 1.06. The standard InChI is InChI=1S/C29H33FN2O/c30-25-7-5-22(6-8-25)28-13-24-11-23-12-27(16-28,17-29(23,24)18-28)19-31-26(33)15-32-10-9-20-3-1-2-4-21(20)14-32/h1-8,23-24H,9-19H2,(H,31,33)/t23-,24?,27-,28+,29?/m1/s1. The van der Waals surface area contributed by atoms with Crippen molar-refractivity contribution in [3.05, 3.63) is 71.0 Å². The largest absolute Gasteiger partial charge is 0.354 e. The molecule has 0 radical (unpaired) electrons. The summed E-state index contributed by atoms with van der Waals surface area (Å²) in [6.45, 7) is 3.13. The number of carbonyl (C=O) groups is 1. The van der Waals surface area contributed by atoms with Gasteiger partial charge in [0.15, 0.2) is 0 Å². The number of halogens is 1. The highest BCUT2D eigenvalue weighted by Gasteiger charge is 2.74. The molecule has 1 spiro atoms. The Labute approximate surface area is 195 Å². The van der Waals surface area contributed by atoms with Crippen molar-refractivity contribution in [1.29, 1.82) is 0 Å². The van der Waals surface area contributed by atoms with E-state index in [0.717, 1.165) is 44.3 Å². The van der Waals surface area contributed by atoms with E-state index in [1.165, 1.54) is 48.8 Å². The lowest BCUT2D eigenvalue weighted by molar-refractivity contribution is -0.123. The maximum atomic E-state index is 13.7. The molecule has 5 aliphatic rings. The maximum Gasteiger partial charge on any atom is 0.234 e. The van der Waals surface area contributed by atoms with Crippen LogP contribution in [0.2, 0.25) is 0 Å². The summed E-state index contributed by atoms with van der Waals surface area (Å²) in [5, 5.41) is 3.38. The molecule has 4 fully saturated rings. The van der Waals surface area contributed by atoms with E-state index in [4.69, 9.17) is 0 Å². The normalized spacial score (nSPS) is 38.0. The molecule has 172 valence electrons. The van der Waals surface area contributed by atoms with Crippen LogP contribution in [-0.4, -0.2) is 30.4 Å². The van der Waals surface area contributed by atoms with Gasteiger partial charge in [0, 0.05) is 19.6 Å². The van der Waals surface area contributed by atoms with Crippen molar-refractivity contribution in [2.75, 3.05) is 19.6 Å². The second-order valence-corrected chi connectivity index (χ2v) is 12.1. The molecular weight excluding hydrogens is 411 g/mol. The number of amides is 1. The molecular formula is C29H33FN2O. The second-order valence-electron chi connectivity index (χ2n) is 12.1. The van der Waals surface area contributed by atoms with Crippen LogP contribution >= 0.6 is 0 Å². The van der Waals surface area contributed by atoms with Gasteiger partial charge in [0.1, 0.15) is 5.82 Å². The number of fused-ring (bicyclic) bond motifs is 3. The molecule has 0 saturated heterocycles. The molecule has 1 N–H and O–H groups in total. The Hall–Kier alpha value is -2.20. The second kappa shape index (κ2) is 6.91. The topological polar surface area (TPSA) is 32.3 Å². The molecule has 4 heteroatoms. The highest BCUT2D eigenvalue weighted by Crippen LogP contribution is 2.81. The van der Waals surface area contributed by atoms with Gasteiger partial charge < -0.3 is 5.32 Å². The van der Waals surface area contributed by atoms with Crippen molar-refractivity contribution >= 4 is 5.91 Å². The molecule has 1 amide bonds. The van der Waals surface area contributed by atoms with Crippen molar-refractivity contribution in [3.8, 4) is 0 Å². The first-order valence-corrected chi connectivity index (χ1v) is 12.8. The molecule has 4 saturated carbocycles. The Kier molecular flexibility index (Phi) is 4.23. The van der Waals surface area contributed by atoms with Crippen LogP contribution in [0.1, 0.15) is 55.2 Å². The number of nitrogens with zero attached hydrogens (tertiary/aromatic N) is 1. The van der Waals surface area contributed by atoms with Crippen molar-refractivity contribution in [2.24, 2.45) is 22.7 Å². The van der Waals surface area contributed by atoms with Crippen LogP contribution in [-0.2, 0) is 23.2 Å². The minimum absolute atomic E-state index is 0.145. The van der Waals surface area contributed by atoms with Gasteiger partial charge in [-0.15, -0.1) is 0 Å². The van der Waals surface area contributed by atoms with E-state index in [1.54, 1.807) is 12.1 Å². The van der Waals surface area contributed by atoms with E-state index < -0.39 is 0 Å². The summed E-state index contributed by atoms with van der Waals surface area (Å²) >= 11 is 0. The van der Waals surface area contributed by atoms with Gasteiger partial charge >= 0.3 is 0 Å². The maximum absolute atomic E-state index is 13.7. The first kappa shape index (κ1) is 20.2. The quantitative estimate of drug-likeness (QED) is 0.716. The Morgan fingerprint density at radius 2 is 1.79 bits per heavy atom. The van der Waals surface area contributed by atoms with Crippen LogP contribution in [0.25, 0.3) is 0 Å². The third-order valence-electron chi connectivity index (χ3n) is 10.3. The number of carbonyl (C=O) groups excluding carboxylic acids is 1. The summed E-state index contributed by atoms with van der Waals surface area (Å²) in [5.74, 6) is 1.70. The number of nitrogens with one attached hydrogen (secondary N) is 1. The fraction of sp³-hybridized carbons (Fsp3) is 0.552. The molecule has 3 nitrogen and oxygen atoms in total. The van der Waals surface area contributed by atoms with Crippen molar-refractivity contribution in [2.45, 2.75) is 56.9 Å². The van der Waals surface area contributed by atoms with Crippen molar-refractivity contribution in [1.82, 2.24) is 10.2 Å². The number of hydrogen-bond acceptors (Lipinski definition) is 2. The zero-order valence-electron chi connectivity index (χ0n) is 19.3. The summed E-state index contributed by atoms with van der Waals surface area (Å²) in [5.41, 5.74) is 5.01. The highest BCUT2D eigenvalue weighted by atomic mass is 19.1. The summed E-state index contributed by atoms with van der Waals surface area (Å²) in [4.78, 5) is 15.3. The van der Waals surface area contributed by atoms with Crippen LogP contribution in [0.3, 0.4) is 0 Å². The van der Waals surface area contributed by atoms with Gasteiger partial charge in [0.2, 0.25) is 5.91 Å². The first-order valence-electron chi connectivity index (χ1n) is 12.8. The fourth-order valence-electron chi connectivity index (χ4n) is 9.21. The van der Waals surface area contributed by atoms with Crippen LogP contribution in [0.15, 0.2) is 48.5 Å². The minimum Gasteiger partial charge on any atom is -0.354 e. The number of hydrogen-bond donors (Lipinski definition) is 1. The van der Waals surface area contributed by atoms with Gasteiger partial charge in [-0.05, 0) is 102 Å². The molecule has 2 aromatic carbocycles. The van der Waals surface area contributed by atoms with Crippen LogP contribution in [0, 0.1) is 28.5 Å². The number of rotatable bonds is 5. The average molecular weight is 445 g/mol. The lowest BCUT2D eigenvalue weighted by Crippen LogP contribution is -2.47. The van der Waals surface area contributed by atoms with E-state index in [0.29, 0.717) is 12.0 Å². The molecule has 1 aliphatic heterocycles. The lowest BCUT2D eigenvalue weighted by atomic mass is 9.54. The van der Waals surface area contributed by atoms with E-state index in [-0.39, 0.29) is 22.6 Å². The van der Waals surface area contributed by atoms with Gasteiger partial charge in [-0.3, -0.25) is 9.69 Å². The molecule has 2 aromatic rings. The SMILES string of the molecule is O=C(CN1CCc2ccccc2C1)NC[C@@]12C[C@H]3CC4C[C@@](c5ccc(F)cc5)(CC43C1)C2. The summed E-state index contributed by atoms with van der Waals surface area (Å²) in [6, 6.07) is 16.0.